The minimum Gasteiger partial charge on any atom is -0.427 e. The van der Waals surface area contributed by atoms with Crippen LogP contribution in [-0.4, -0.2) is 30.6 Å². The van der Waals surface area contributed by atoms with Gasteiger partial charge in [0.05, 0.1) is 12.2 Å². The van der Waals surface area contributed by atoms with Gasteiger partial charge in [-0.2, -0.15) is 0 Å². The van der Waals surface area contributed by atoms with Crippen molar-refractivity contribution < 1.29 is 19.0 Å². The molecule has 0 bridgehead atoms. The van der Waals surface area contributed by atoms with Gasteiger partial charge in [0, 0.05) is 0 Å². The average molecular weight is 188 g/mol. The molecule has 2 unspecified atom stereocenters. The maximum Gasteiger partial charge on any atom is 0.509 e. The maximum atomic E-state index is 10.7. The van der Waals surface area contributed by atoms with Crippen LogP contribution in [0.3, 0.4) is 0 Å². The van der Waals surface area contributed by atoms with Crippen LogP contribution in [0.15, 0.2) is 0 Å². The van der Waals surface area contributed by atoms with Crippen molar-refractivity contribution in [2.45, 2.75) is 45.5 Å². The highest BCUT2D eigenvalue weighted by Gasteiger charge is 2.34. The molecular weight excluding hydrogens is 172 g/mol. The highest BCUT2D eigenvalue weighted by molar-refractivity contribution is 5.62. The van der Waals surface area contributed by atoms with Crippen molar-refractivity contribution in [3.05, 3.63) is 0 Å². The van der Waals surface area contributed by atoms with Crippen molar-refractivity contribution >= 4 is 6.16 Å². The Morgan fingerprint density at radius 3 is 2.38 bits per heavy atom. The molecule has 1 fully saturated rings. The van der Waals surface area contributed by atoms with E-state index in [1.165, 1.54) is 0 Å². The second-order valence-corrected chi connectivity index (χ2v) is 4.15. The molecule has 0 saturated carbocycles. The number of hydrogen-bond donors (Lipinski definition) is 0. The molecule has 0 aliphatic carbocycles. The first-order valence-corrected chi connectivity index (χ1v) is 4.40. The van der Waals surface area contributed by atoms with Gasteiger partial charge < -0.3 is 14.2 Å². The topological polar surface area (TPSA) is 44.8 Å². The Hall–Kier alpha value is -0.770. The summed E-state index contributed by atoms with van der Waals surface area (Å²) in [6, 6.07) is 0. The maximum absolute atomic E-state index is 10.7. The SMILES string of the molecule is CC1OC(=O)OC1COC(C)(C)C. The van der Waals surface area contributed by atoms with Crippen molar-refractivity contribution in [2.75, 3.05) is 6.61 Å². The normalized spacial score (nSPS) is 28.5. The number of hydrogen-bond acceptors (Lipinski definition) is 4. The van der Waals surface area contributed by atoms with E-state index < -0.39 is 6.16 Å². The van der Waals surface area contributed by atoms with Gasteiger partial charge in [-0.25, -0.2) is 4.79 Å². The summed E-state index contributed by atoms with van der Waals surface area (Å²) in [5, 5.41) is 0. The summed E-state index contributed by atoms with van der Waals surface area (Å²) in [4.78, 5) is 10.7. The molecule has 1 heterocycles. The van der Waals surface area contributed by atoms with E-state index in [4.69, 9.17) is 14.2 Å². The van der Waals surface area contributed by atoms with Crippen LogP contribution in [0, 0.1) is 0 Å². The molecule has 1 aliphatic heterocycles. The summed E-state index contributed by atoms with van der Waals surface area (Å²) in [5.41, 5.74) is -0.214. The fourth-order valence-corrected chi connectivity index (χ4v) is 0.977. The number of carbonyl (C=O) groups is 1. The molecule has 0 radical (unpaired) electrons. The highest BCUT2D eigenvalue weighted by atomic mass is 16.8. The standard InChI is InChI=1S/C9H16O4/c1-6-7(13-8(10)12-6)5-11-9(2,3)4/h6-7H,5H2,1-4H3. The van der Waals surface area contributed by atoms with E-state index in [0.29, 0.717) is 6.61 Å². The zero-order chi connectivity index (χ0) is 10.1. The Bertz CT molecular complexity index is 194. The van der Waals surface area contributed by atoms with Crippen LogP contribution in [0.1, 0.15) is 27.7 Å². The lowest BCUT2D eigenvalue weighted by Crippen LogP contribution is -2.30. The Morgan fingerprint density at radius 2 is 2.00 bits per heavy atom. The van der Waals surface area contributed by atoms with E-state index >= 15 is 0 Å². The average Bonchev–Trinajstić information content (AvgIpc) is 2.24. The molecule has 76 valence electrons. The molecule has 0 aromatic rings. The molecule has 0 spiro atoms. The Labute approximate surface area is 78.2 Å². The third-order valence-corrected chi connectivity index (χ3v) is 1.73. The van der Waals surface area contributed by atoms with Crippen molar-refractivity contribution in [1.82, 2.24) is 0 Å². The molecule has 4 heteroatoms. The first kappa shape index (κ1) is 10.3. The fraction of sp³-hybridized carbons (Fsp3) is 0.889. The summed E-state index contributed by atoms with van der Waals surface area (Å²) in [6.45, 7) is 8.04. The summed E-state index contributed by atoms with van der Waals surface area (Å²) in [6.07, 6.45) is -1.09. The number of cyclic esters (lactones) is 2. The molecule has 1 saturated heterocycles. The molecule has 1 rings (SSSR count). The second kappa shape index (κ2) is 3.54. The summed E-state index contributed by atoms with van der Waals surface area (Å²) in [5.74, 6) is 0. The molecule has 1 aliphatic rings. The second-order valence-electron chi connectivity index (χ2n) is 4.15. The number of carbonyl (C=O) groups excluding carboxylic acids is 1. The lowest BCUT2D eigenvalue weighted by molar-refractivity contribution is -0.0483. The van der Waals surface area contributed by atoms with E-state index in [2.05, 4.69) is 0 Å². The predicted molar refractivity (Wildman–Crippen MR) is 46.5 cm³/mol. The molecule has 0 aromatic carbocycles. The van der Waals surface area contributed by atoms with Crippen molar-refractivity contribution in [1.29, 1.82) is 0 Å². The lowest BCUT2D eigenvalue weighted by atomic mass is 10.2. The van der Waals surface area contributed by atoms with Gasteiger partial charge in [0.2, 0.25) is 0 Å². The molecule has 0 amide bonds. The van der Waals surface area contributed by atoms with Gasteiger partial charge in [0.25, 0.3) is 0 Å². The van der Waals surface area contributed by atoms with Gasteiger partial charge >= 0.3 is 6.16 Å². The highest BCUT2D eigenvalue weighted by Crippen LogP contribution is 2.17. The molecule has 13 heavy (non-hydrogen) atoms. The largest absolute Gasteiger partial charge is 0.509 e. The van der Waals surface area contributed by atoms with Gasteiger partial charge in [-0.05, 0) is 27.7 Å². The van der Waals surface area contributed by atoms with Crippen molar-refractivity contribution in [2.24, 2.45) is 0 Å². The van der Waals surface area contributed by atoms with Crippen LogP contribution < -0.4 is 0 Å². The van der Waals surface area contributed by atoms with Crippen molar-refractivity contribution in [3.8, 4) is 0 Å². The molecular formula is C9H16O4. The first-order chi connectivity index (χ1) is 5.88. The molecule has 2 atom stereocenters. The Balaban J connectivity index is 2.34. The van der Waals surface area contributed by atoms with Crippen LogP contribution in [0.2, 0.25) is 0 Å². The third kappa shape index (κ3) is 3.22. The molecule has 0 N–H and O–H groups in total. The quantitative estimate of drug-likeness (QED) is 0.619. The summed E-state index contributed by atoms with van der Waals surface area (Å²) >= 11 is 0. The minimum absolute atomic E-state index is 0.213. The number of rotatable bonds is 2. The van der Waals surface area contributed by atoms with Crippen LogP contribution >= 0.6 is 0 Å². The minimum atomic E-state index is -0.602. The van der Waals surface area contributed by atoms with E-state index in [0.717, 1.165) is 0 Å². The molecule has 4 nitrogen and oxygen atoms in total. The van der Waals surface area contributed by atoms with Gasteiger partial charge in [-0.3, -0.25) is 0 Å². The smallest absolute Gasteiger partial charge is 0.427 e. The van der Waals surface area contributed by atoms with Gasteiger partial charge in [0.1, 0.15) is 6.10 Å². The van der Waals surface area contributed by atoms with E-state index in [1.807, 2.05) is 20.8 Å². The van der Waals surface area contributed by atoms with E-state index in [-0.39, 0.29) is 17.8 Å². The Morgan fingerprint density at radius 1 is 1.38 bits per heavy atom. The van der Waals surface area contributed by atoms with Gasteiger partial charge in [-0.15, -0.1) is 0 Å². The van der Waals surface area contributed by atoms with Crippen LogP contribution in [-0.2, 0) is 14.2 Å². The van der Waals surface area contributed by atoms with Crippen LogP contribution in [0.5, 0.6) is 0 Å². The number of ether oxygens (including phenoxy) is 3. The van der Waals surface area contributed by atoms with Crippen molar-refractivity contribution in [3.63, 3.8) is 0 Å². The first-order valence-electron chi connectivity index (χ1n) is 4.40. The van der Waals surface area contributed by atoms with Crippen LogP contribution in [0.4, 0.5) is 4.79 Å². The zero-order valence-corrected chi connectivity index (χ0v) is 8.49. The third-order valence-electron chi connectivity index (χ3n) is 1.73. The lowest BCUT2D eigenvalue weighted by Gasteiger charge is -2.22. The van der Waals surface area contributed by atoms with Gasteiger partial charge in [0.15, 0.2) is 6.10 Å². The zero-order valence-electron chi connectivity index (χ0n) is 8.49. The monoisotopic (exact) mass is 188 g/mol. The van der Waals surface area contributed by atoms with E-state index in [1.54, 1.807) is 6.92 Å². The fourth-order valence-electron chi connectivity index (χ4n) is 0.977. The summed E-state index contributed by atoms with van der Waals surface area (Å²) < 4.78 is 15.2. The predicted octanol–water partition coefficient (Wildman–Crippen LogP) is 1.73. The van der Waals surface area contributed by atoms with E-state index in [9.17, 15) is 4.79 Å². The van der Waals surface area contributed by atoms with Gasteiger partial charge in [-0.1, -0.05) is 0 Å². The van der Waals surface area contributed by atoms with Crippen LogP contribution in [0.25, 0.3) is 0 Å². The summed E-state index contributed by atoms with van der Waals surface area (Å²) in [7, 11) is 0. The Kier molecular flexibility index (Phi) is 2.81. The molecule has 0 aromatic heterocycles.